The van der Waals surface area contributed by atoms with Crippen LogP contribution in [0.15, 0.2) is 84.9 Å². The van der Waals surface area contributed by atoms with E-state index >= 15 is 0 Å². The van der Waals surface area contributed by atoms with Crippen LogP contribution in [0.3, 0.4) is 0 Å². The number of aromatic nitrogens is 2. The van der Waals surface area contributed by atoms with Crippen LogP contribution in [0.1, 0.15) is 16.7 Å². The van der Waals surface area contributed by atoms with Crippen molar-refractivity contribution in [1.29, 1.82) is 0 Å². The van der Waals surface area contributed by atoms with Crippen LogP contribution >= 0.6 is 47.0 Å². The maximum Gasteiger partial charge on any atom is 0.175 e. The van der Waals surface area contributed by atoms with Gasteiger partial charge in [0.25, 0.3) is 0 Å². The molecule has 0 unspecified atom stereocenters. The number of halogens is 3. The molecule has 0 saturated carbocycles. The van der Waals surface area contributed by atoms with Gasteiger partial charge in [0.05, 0.1) is 16.6 Å². The molecule has 1 N–H and O–H groups in total. The number of rotatable bonds is 7. The lowest BCUT2D eigenvalue weighted by Gasteiger charge is -2.25. The number of anilines is 1. The van der Waals surface area contributed by atoms with Crippen LogP contribution < -0.4 is 5.32 Å². The van der Waals surface area contributed by atoms with Crippen molar-refractivity contribution in [2.45, 2.75) is 19.6 Å². The Kier molecular flexibility index (Phi) is 7.89. The second kappa shape index (κ2) is 11.0. The molecule has 4 aromatic rings. The summed E-state index contributed by atoms with van der Waals surface area (Å²) < 4.78 is 1.69. The van der Waals surface area contributed by atoms with Gasteiger partial charge in [0.15, 0.2) is 10.9 Å². The van der Waals surface area contributed by atoms with Crippen LogP contribution in [-0.2, 0) is 19.6 Å². The molecular formula is C25H21Cl3N4S. The molecule has 0 atom stereocenters. The summed E-state index contributed by atoms with van der Waals surface area (Å²) >= 11 is 24.3. The van der Waals surface area contributed by atoms with Crippen molar-refractivity contribution in [3.05, 3.63) is 117 Å². The number of hydrogen-bond donors (Lipinski definition) is 1. The lowest BCUT2D eigenvalue weighted by Crippen LogP contribution is -2.34. The summed E-state index contributed by atoms with van der Waals surface area (Å²) in [4.78, 5) is 2.10. The molecule has 0 fully saturated rings. The lowest BCUT2D eigenvalue weighted by molar-refractivity contribution is 0.412. The van der Waals surface area contributed by atoms with E-state index in [4.69, 9.17) is 47.0 Å². The number of benzene rings is 3. The molecule has 168 valence electrons. The fraction of sp³-hybridized carbons (Fsp3) is 0.120. The Morgan fingerprint density at radius 2 is 1.39 bits per heavy atom. The Morgan fingerprint density at radius 3 is 1.97 bits per heavy atom. The van der Waals surface area contributed by atoms with Crippen molar-refractivity contribution < 1.29 is 0 Å². The Hall–Kier alpha value is -2.57. The SMILES string of the molecule is S=C(Nc1cc(Cl)n(Cc2ccc(Cl)c(Cl)c2)n1)N(Cc1ccccc1)Cc1ccccc1. The molecule has 4 nitrogen and oxygen atoms in total. The summed E-state index contributed by atoms with van der Waals surface area (Å²) in [5.41, 5.74) is 3.28. The minimum atomic E-state index is 0.460. The smallest absolute Gasteiger partial charge is 0.175 e. The third-order valence-corrected chi connectivity index (χ3v) is 6.41. The fourth-order valence-corrected chi connectivity index (χ4v) is 4.13. The minimum Gasteiger partial charge on any atom is -0.340 e. The van der Waals surface area contributed by atoms with Crippen molar-refractivity contribution >= 4 is 58.0 Å². The summed E-state index contributed by atoms with van der Waals surface area (Å²) in [6.45, 7) is 1.79. The molecule has 1 aromatic heterocycles. The van der Waals surface area contributed by atoms with Crippen LogP contribution in [0.2, 0.25) is 15.2 Å². The molecule has 0 spiro atoms. The first-order chi connectivity index (χ1) is 16.0. The van der Waals surface area contributed by atoms with Gasteiger partial charge in [-0.15, -0.1) is 0 Å². The van der Waals surface area contributed by atoms with Gasteiger partial charge in [-0.2, -0.15) is 5.10 Å². The largest absolute Gasteiger partial charge is 0.340 e. The number of hydrogen-bond acceptors (Lipinski definition) is 2. The van der Waals surface area contributed by atoms with Gasteiger partial charge in [0.2, 0.25) is 0 Å². The number of nitrogens with one attached hydrogen (secondary N) is 1. The predicted octanol–water partition coefficient (Wildman–Crippen LogP) is 7.29. The summed E-state index contributed by atoms with van der Waals surface area (Å²) in [6, 6.07) is 27.7. The normalized spacial score (nSPS) is 10.8. The maximum atomic E-state index is 6.43. The molecule has 0 aliphatic carbocycles. The Bertz CT molecular complexity index is 1190. The summed E-state index contributed by atoms with van der Waals surface area (Å²) in [5, 5.41) is 9.88. The van der Waals surface area contributed by atoms with E-state index in [0.29, 0.717) is 45.8 Å². The van der Waals surface area contributed by atoms with E-state index in [2.05, 4.69) is 39.6 Å². The molecule has 4 rings (SSSR count). The van der Waals surface area contributed by atoms with Gasteiger partial charge in [-0.1, -0.05) is 102 Å². The summed E-state index contributed by atoms with van der Waals surface area (Å²) in [7, 11) is 0. The Labute approximate surface area is 213 Å². The monoisotopic (exact) mass is 514 g/mol. The summed E-state index contributed by atoms with van der Waals surface area (Å²) in [6.07, 6.45) is 0. The van der Waals surface area contributed by atoms with Crippen molar-refractivity contribution in [2.75, 3.05) is 5.32 Å². The van der Waals surface area contributed by atoms with E-state index in [1.807, 2.05) is 42.5 Å². The minimum absolute atomic E-state index is 0.460. The Morgan fingerprint density at radius 1 is 0.788 bits per heavy atom. The van der Waals surface area contributed by atoms with Crippen LogP contribution in [0.5, 0.6) is 0 Å². The zero-order valence-electron chi connectivity index (χ0n) is 17.6. The average molecular weight is 516 g/mol. The standard InChI is InChI=1S/C25H21Cl3N4S/c26-21-12-11-20(13-22(21)27)17-32-23(28)14-24(30-32)29-25(33)31(15-18-7-3-1-4-8-18)16-19-9-5-2-6-10-19/h1-14H,15-17H2,(H,29,30,33). The highest BCUT2D eigenvalue weighted by Crippen LogP contribution is 2.24. The van der Waals surface area contributed by atoms with Gasteiger partial charge < -0.3 is 10.2 Å². The van der Waals surface area contributed by atoms with Crippen molar-refractivity contribution in [1.82, 2.24) is 14.7 Å². The third-order valence-electron chi connectivity index (χ3n) is 5.00. The van der Waals surface area contributed by atoms with Gasteiger partial charge in [-0.3, -0.25) is 0 Å². The van der Waals surface area contributed by atoms with Gasteiger partial charge in [0, 0.05) is 19.2 Å². The van der Waals surface area contributed by atoms with Crippen LogP contribution in [0.4, 0.5) is 5.82 Å². The van der Waals surface area contributed by atoms with E-state index < -0.39 is 0 Å². The van der Waals surface area contributed by atoms with Crippen LogP contribution in [-0.4, -0.2) is 19.8 Å². The second-order valence-corrected chi connectivity index (χ2v) is 9.10. The molecule has 0 amide bonds. The van der Waals surface area contributed by atoms with E-state index in [9.17, 15) is 0 Å². The highest BCUT2D eigenvalue weighted by atomic mass is 35.5. The summed E-state index contributed by atoms with van der Waals surface area (Å²) in [5.74, 6) is 0.580. The van der Waals surface area contributed by atoms with Gasteiger partial charge >= 0.3 is 0 Å². The highest BCUT2D eigenvalue weighted by molar-refractivity contribution is 7.80. The van der Waals surface area contributed by atoms with E-state index in [1.54, 1.807) is 22.9 Å². The topological polar surface area (TPSA) is 33.1 Å². The molecular weight excluding hydrogens is 495 g/mol. The van der Waals surface area contributed by atoms with E-state index in [0.717, 1.165) is 5.56 Å². The predicted molar refractivity (Wildman–Crippen MR) is 141 cm³/mol. The maximum absolute atomic E-state index is 6.43. The first-order valence-corrected chi connectivity index (χ1v) is 11.8. The molecule has 0 radical (unpaired) electrons. The highest BCUT2D eigenvalue weighted by Gasteiger charge is 2.15. The van der Waals surface area contributed by atoms with Crippen molar-refractivity contribution in [2.24, 2.45) is 0 Å². The van der Waals surface area contributed by atoms with Crippen molar-refractivity contribution in [3.8, 4) is 0 Å². The van der Waals surface area contributed by atoms with Crippen LogP contribution in [0, 0.1) is 0 Å². The molecule has 33 heavy (non-hydrogen) atoms. The molecule has 8 heteroatoms. The van der Waals surface area contributed by atoms with E-state index in [1.165, 1.54) is 11.1 Å². The van der Waals surface area contributed by atoms with E-state index in [-0.39, 0.29) is 0 Å². The lowest BCUT2D eigenvalue weighted by atomic mass is 10.2. The van der Waals surface area contributed by atoms with Crippen LogP contribution in [0.25, 0.3) is 0 Å². The molecule has 0 bridgehead atoms. The number of nitrogens with zero attached hydrogens (tertiary/aromatic N) is 3. The van der Waals surface area contributed by atoms with Gasteiger partial charge in [0.1, 0.15) is 5.15 Å². The van der Waals surface area contributed by atoms with Gasteiger partial charge in [-0.05, 0) is 41.0 Å². The molecule has 0 saturated heterocycles. The number of thiocarbonyl (C=S) groups is 1. The molecule has 0 aliphatic rings. The zero-order valence-corrected chi connectivity index (χ0v) is 20.7. The molecule has 3 aromatic carbocycles. The molecule has 1 heterocycles. The van der Waals surface area contributed by atoms with Gasteiger partial charge in [-0.25, -0.2) is 4.68 Å². The molecule has 0 aliphatic heterocycles. The third kappa shape index (κ3) is 6.49. The average Bonchev–Trinajstić information content (AvgIpc) is 3.15. The van der Waals surface area contributed by atoms with Crippen molar-refractivity contribution in [3.63, 3.8) is 0 Å². The second-order valence-electron chi connectivity index (χ2n) is 7.52. The fourth-order valence-electron chi connectivity index (χ4n) is 3.37. The first-order valence-electron chi connectivity index (χ1n) is 10.3. The quantitative estimate of drug-likeness (QED) is 0.262. The Balaban J connectivity index is 1.49. The first kappa shape index (κ1) is 23.6. The zero-order chi connectivity index (χ0) is 23.2.